The van der Waals surface area contributed by atoms with Crippen molar-refractivity contribution >= 4 is 43.5 Å². The number of benzene rings is 6. The van der Waals surface area contributed by atoms with Crippen molar-refractivity contribution in [3.63, 3.8) is 0 Å². The molecule has 5 aromatic heterocycles. The maximum Gasteiger partial charge on any atom is 0.0900 e. The highest BCUT2D eigenvalue weighted by molar-refractivity contribution is 6.29. The van der Waals surface area contributed by atoms with Crippen LogP contribution in [0.4, 0.5) is 0 Å². The minimum atomic E-state index is 0.779. The second kappa shape index (κ2) is 13.5. The van der Waals surface area contributed by atoms with Gasteiger partial charge in [0, 0.05) is 67.3 Å². The molecule has 0 amide bonds. The normalized spacial score (nSPS) is 11.5. The van der Waals surface area contributed by atoms with Crippen LogP contribution >= 0.6 is 0 Å². The standard InChI is InChI=1S/C52H33N5/c1-3-13-34(14-4-1)37-26-28-45(54-33-37)47-32-38(31-46(55-47)36-24-22-35(23-25-36)43-19-11-12-30-53-43)52-42-27-29-49-51(50(42)40-17-7-9-20-44(40)56-52)41-18-8-10-21-48(41)57(49)39-15-5-2-6-16-39/h1-33H. The first-order valence-electron chi connectivity index (χ1n) is 19.1. The summed E-state index contributed by atoms with van der Waals surface area (Å²) in [5.74, 6) is 0. The van der Waals surface area contributed by atoms with Gasteiger partial charge in [0.25, 0.3) is 0 Å². The highest BCUT2D eigenvalue weighted by Gasteiger charge is 2.20. The van der Waals surface area contributed by atoms with E-state index >= 15 is 0 Å². The Balaban J connectivity index is 1.16. The van der Waals surface area contributed by atoms with Crippen LogP contribution in [-0.4, -0.2) is 24.5 Å². The Bertz CT molecular complexity index is 3150. The molecule has 5 nitrogen and oxygen atoms in total. The van der Waals surface area contributed by atoms with Crippen LogP contribution in [0.15, 0.2) is 200 Å². The van der Waals surface area contributed by atoms with Crippen LogP contribution in [0.2, 0.25) is 0 Å². The molecule has 0 N–H and O–H groups in total. The number of nitrogens with zero attached hydrogens (tertiary/aromatic N) is 5. The van der Waals surface area contributed by atoms with Crippen LogP contribution in [0, 0.1) is 0 Å². The van der Waals surface area contributed by atoms with Gasteiger partial charge in [0.15, 0.2) is 0 Å². The molecule has 6 aromatic carbocycles. The van der Waals surface area contributed by atoms with E-state index in [9.17, 15) is 0 Å². The highest BCUT2D eigenvalue weighted by atomic mass is 15.0. The lowest BCUT2D eigenvalue weighted by Crippen LogP contribution is -1.96. The van der Waals surface area contributed by atoms with Crippen LogP contribution in [0.1, 0.15) is 0 Å². The van der Waals surface area contributed by atoms with Crippen LogP contribution in [0.25, 0.3) is 105 Å². The number of para-hydroxylation sites is 3. The Morgan fingerprint density at radius 1 is 0.351 bits per heavy atom. The Hall–Kier alpha value is -7.76. The van der Waals surface area contributed by atoms with Gasteiger partial charge in [-0.3, -0.25) is 9.97 Å². The average molecular weight is 728 g/mol. The SMILES string of the molecule is c1ccc(-c2ccc(-c3cc(-c4nc5ccccc5c5c4ccc4c5c5ccccc5n4-c4ccccc4)cc(-c4ccc(-c5ccccn5)cc4)n3)nc2)cc1. The third kappa shape index (κ3) is 5.64. The van der Waals surface area contributed by atoms with Crippen LogP contribution < -0.4 is 0 Å². The van der Waals surface area contributed by atoms with Gasteiger partial charge in [-0.2, -0.15) is 0 Å². The van der Waals surface area contributed by atoms with Crippen molar-refractivity contribution in [1.29, 1.82) is 0 Å². The molecular weight excluding hydrogens is 695 g/mol. The number of fused-ring (bicyclic) bond motifs is 7. The summed E-state index contributed by atoms with van der Waals surface area (Å²) in [4.78, 5) is 20.2. The Kier molecular flexibility index (Phi) is 7.74. The smallest absolute Gasteiger partial charge is 0.0900 e. The number of hydrogen-bond acceptors (Lipinski definition) is 4. The summed E-state index contributed by atoms with van der Waals surface area (Å²) in [7, 11) is 0. The maximum atomic E-state index is 5.44. The van der Waals surface area contributed by atoms with E-state index in [1.54, 1.807) is 0 Å². The molecule has 0 aliphatic rings. The molecule has 0 radical (unpaired) electrons. The van der Waals surface area contributed by atoms with Crippen molar-refractivity contribution in [1.82, 2.24) is 24.5 Å². The van der Waals surface area contributed by atoms with Crippen molar-refractivity contribution < 1.29 is 0 Å². The quantitative estimate of drug-likeness (QED) is 0.160. The molecule has 0 spiro atoms. The molecule has 5 heteroatoms. The second-order valence-corrected chi connectivity index (χ2v) is 14.3. The van der Waals surface area contributed by atoms with E-state index in [4.69, 9.17) is 15.0 Å². The molecule has 0 atom stereocenters. The van der Waals surface area contributed by atoms with E-state index in [0.717, 1.165) is 83.8 Å². The molecule has 0 aliphatic carbocycles. The molecular formula is C52H33N5. The Morgan fingerprint density at radius 2 is 1.04 bits per heavy atom. The molecule has 0 aliphatic heterocycles. The lowest BCUT2D eigenvalue weighted by atomic mass is 9.95. The van der Waals surface area contributed by atoms with Gasteiger partial charge in [0.05, 0.1) is 45.0 Å². The van der Waals surface area contributed by atoms with E-state index in [1.807, 2.05) is 48.8 Å². The molecule has 266 valence electrons. The number of pyridine rings is 4. The van der Waals surface area contributed by atoms with Crippen molar-refractivity contribution in [3.8, 4) is 62.0 Å². The number of hydrogen-bond donors (Lipinski definition) is 0. The van der Waals surface area contributed by atoms with Gasteiger partial charge in [0.2, 0.25) is 0 Å². The van der Waals surface area contributed by atoms with Crippen molar-refractivity contribution in [2.45, 2.75) is 0 Å². The largest absolute Gasteiger partial charge is 0.309 e. The van der Waals surface area contributed by atoms with Crippen molar-refractivity contribution in [3.05, 3.63) is 200 Å². The molecule has 57 heavy (non-hydrogen) atoms. The fraction of sp³-hybridized carbons (Fsp3) is 0. The van der Waals surface area contributed by atoms with Gasteiger partial charge < -0.3 is 4.57 Å². The van der Waals surface area contributed by atoms with Gasteiger partial charge in [-0.1, -0.05) is 127 Å². The lowest BCUT2D eigenvalue weighted by Gasteiger charge is -2.15. The van der Waals surface area contributed by atoms with Gasteiger partial charge in [-0.15, -0.1) is 0 Å². The van der Waals surface area contributed by atoms with E-state index in [0.29, 0.717) is 0 Å². The molecule has 0 unspecified atom stereocenters. The molecule has 0 fully saturated rings. The van der Waals surface area contributed by atoms with Gasteiger partial charge in [-0.05, 0) is 66.2 Å². The van der Waals surface area contributed by atoms with Gasteiger partial charge in [0.1, 0.15) is 0 Å². The molecule has 0 saturated carbocycles. The summed E-state index contributed by atoms with van der Waals surface area (Å²) >= 11 is 0. The third-order valence-corrected chi connectivity index (χ3v) is 10.9. The van der Waals surface area contributed by atoms with E-state index < -0.39 is 0 Å². The molecule has 11 aromatic rings. The summed E-state index contributed by atoms with van der Waals surface area (Å²) in [5, 5.41) is 5.80. The first-order valence-corrected chi connectivity index (χ1v) is 19.1. The number of aromatic nitrogens is 5. The zero-order chi connectivity index (χ0) is 37.7. The Labute approximate surface area is 329 Å². The zero-order valence-corrected chi connectivity index (χ0v) is 30.8. The zero-order valence-electron chi connectivity index (χ0n) is 30.8. The second-order valence-electron chi connectivity index (χ2n) is 14.3. The lowest BCUT2D eigenvalue weighted by molar-refractivity contribution is 1.18. The van der Waals surface area contributed by atoms with E-state index in [1.165, 1.54) is 21.7 Å². The van der Waals surface area contributed by atoms with Gasteiger partial charge >= 0.3 is 0 Å². The van der Waals surface area contributed by atoms with Crippen LogP contribution in [0.5, 0.6) is 0 Å². The van der Waals surface area contributed by atoms with Crippen LogP contribution in [0.3, 0.4) is 0 Å². The number of rotatable bonds is 6. The van der Waals surface area contributed by atoms with Crippen LogP contribution in [-0.2, 0) is 0 Å². The first-order chi connectivity index (χ1) is 28.3. The monoisotopic (exact) mass is 727 g/mol. The predicted molar refractivity (Wildman–Crippen MR) is 234 cm³/mol. The molecule has 0 bridgehead atoms. The van der Waals surface area contributed by atoms with Crippen molar-refractivity contribution in [2.75, 3.05) is 0 Å². The van der Waals surface area contributed by atoms with Crippen molar-refractivity contribution in [2.24, 2.45) is 0 Å². The summed E-state index contributed by atoms with van der Waals surface area (Å²) in [6.45, 7) is 0. The summed E-state index contributed by atoms with van der Waals surface area (Å²) in [6, 6.07) is 65.6. The third-order valence-electron chi connectivity index (χ3n) is 10.9. The summed E-state index contributed by atoms with van der Waals surface area (Å²) in [6.07, 6.45) is 3.76. The van der Waals surface area contributed by atoms with E-state index in [2.05, 4.69) is 161 Å². The fourth-order valence-electron chi connectivity index (χ4n) is 8.21. The predicted octanol–water partition coefficient (Wildman–Crippen LogP) is 13.0. The topological polar surface area (TPSA) is 56.5 Å². The molecule has 0 saturated heterocycles. The van der Waals surface area contributed by atoms with E-state index in [-0.39, 0.29) is 0 Å². The Morgan fingerprint density at radius 3 is 1.81 bits per heavy atom. The maximum absolute atomic E-state index is 5.44. The summed E-state index contributed by atoms with van der Waals surface area (Å²) < 4.78 is 2.38. The molecule has 11 rings (SSSR count). The highest BCUT2D eigenvalue weighted by Crippen LogP contribution is 2.43. The minimum Gasteiger partial charge on any atom is -0.309 e. The minimum absolute atomic E-state index is 0.779. The first kappa shape index (κ1) is 32.7. The fourth-order valence-corrected chi connectivity index (χ4v) is 8.21. The molecule has 5 heterocycles. The average Bonchev–Trinajstić information content (AvgIpc) is 3.64. The van der Waals surface area contributed by atoms with Gasteiger partial charge in [-0.25, -0.2) is 9.97 Å². The summed E-state index contributed by atoms with van der Waals surface area (Å²) in [5.41, 5.74) is 13.8.